The van der Waals surface area contributed by atoms with Crippen molar-refractivity contribution in [3.8, 4) is 0 Å². The molecule has 1 aromatic carbocycles. The van der Waals surface area contributed by atoms with Gasteiger partial charge in [0.2, 0.25) is 5.91 Å². The number of hydrogen-bond acceptors (Lipinski definition) is 3. The lowest BCUT2D eigenvalue weighted by atomic mass is 9.80. The fourth-order valence-electron chi connectivity index (χ4n) is 3.84. The van der Waals surface area contributed by atoms with Crippen LogP contribution in [0.4, 0.5) is 10.1 Å². The number of rotatable bonds is 3. The van der Waals surface area contributed by atoms with E-state index in [1.807, 2.05) is 6.07 Å². The minimum Gasteiger partial charge on any atom is -0.383 e. The monoisotopic (exact) mass is 292 g/mol. The number of benzene rings is 1. The van der Waals surface area contributed by atoms with Crippen LogP contribution in [0.25, 0.3) is 0 Å². The number of halogens is 1. The van der Waals surface area contributed by atoms with Gasteiger partial charge in [-0.1, -0.05) is 18.9 Å². The molecular weight excluding hydrogens is 271 g/mol. The number of carbonyl (C=O) groups is 1. The molecule has 4 nitrogen and oxygen atoms in total. The van der Waals surface area contributed by atoms with Crippen LogP contribution < -0.4 is 10.6 Å². The van der Waals surface area contributed by atoms with Crippen molar-refractivity contribution >= 4 is 11.6 Å². The molecule has 2 N–H and O–H groups in total. The second-order valence-corrected chi connectivity index (χ2v) is 6.11. The first-order valence-electron chi connectivity index (χ1n) is 7.44. The lowest BCUT2D eigenvalue weighted by Crippen LogP contribution is -2.47. The van der Waals surface area contributed by atoms with Crippen molar-refractivity contribution in [2.45, 2.75) is 37.1 Å². The molecule has 1 atom stereocenters. The molecule has 114 valence electrons. The van der Waals surface area contributed by atoms with Crippen molar-refractivity contribution in [1.82, 2.24) is 0 Å². The van der Waals surface area contributed by atoms with Crippen molar-refractivity contribution in [2.75, 3.05) is 25.2 Å². The number of anilines is 1. The van der Waals surface area contributed by atoms with Crippen LogP contribution in [0.1, 0.15) is 31.2 Å². The van der Waals surface area contributed by atoms with Crippen molar-refractivity contribution < 1.29 is 13.9 Å². The van der Waals surface area contributed by atoms with Crippen molar-refractivity contribution in [2.24, 2.45) is 5.73 Å². The zero-order chi connectivity index (χ0) is 15.0. The summed E-state index contributed by atoms with van der Waals surface area (Å²) in [6, 6.07) is 4.26. The minimum absolute atomic E-state index is 0.174. The van der Waals surface area contributed by atoms with Gasteiger partial charge in [0.05, 0.1) is 12.3 Å². The first-order valence-corrected chi connectivity index (χ1v) is 7.44. The average Bonchev–Trinajstić information content (AvgIpc) is 3.06. The van der Waals surface area contributed by atoms with E-state index in [0.717, 1.165) is 25.7 Å². The summed E-state index contributed by atoms with van der Waals surface area (Å²) in [5.74, 6) is -0.391. The van der Waals surface area contributed by atoms with Gasteiger partial charge in [0.15, 0.2) is 0 Å². The number of nitrogens with two attached hydrogens (primary N) is 1. The Morgan fingerprint density at radius 1 is 1.48 bits per heavy atom. The molecule has 1 unspecified atom stereocenters. The molecule has 1 aliphatic carbocycles. The van der Waals surface area contributed by atoms with E-state index >= 15 is 0 Å². The highest BCUT2D eigenvalue weighted by Gasteiger charge is 2.48. The summed E-state index contributed by atoms with van der Waals surface area (Å²) in [5.41, 5.74) is 7.06. The zero-order valence-corrected chi connectivity index (χ0v) is 12.3. The Kier molecular flexibility index (Phi) is 3.71. The van der Waals surface area contributed by atoms with E-state index in [4.69, 9.17) is 10.5 Å². The molecule has 3 rings (SSSR count). The molecular formula is C16H21FN2O2. The van der Waals surface area contributed by atoms with Gasteiger partial charge in [0.25, 0.3) is 0 Å². The highest BCUT2D eigenvalue weighted by Crippen LogP contribution is 2.51. The average molecular weight is 292 g/mol. The Morgan fingerprint density at radius 2 is 2.19 bits per heavy atom. The van der Waals surface area contributed by atoms with Crippen molar-refractivity contribution in [3.05, 3.63) is 29.6 Å². The maximum atomic E-state index is 14.4. The Bertz CT molecular complexity index is 555. The second kappa shape index (κ2) is 5.39. The SMILES string of the molecule is COCC(N)C(=O)N1CC2(CCCC2)c2c(F)cccc21. The van der Waals surface area contributed by atoms with E-state index < -0.39 is 6.04 Å². The first-order chi connectivity index (χ1) is 10.1. The predicted octanol–water partition coefficient (Wildman–Crippen LogP) is 1.96. The van der Waals surface area contributed by atoms with Gasteiger partial charge in [0, 0.05) is 24.6 Å². The summed E-state index contributed by atoms with van der Waals surface area (Å²) >= 11 is 0. The van der Waals surface area contributed by atoms with E-state index in [1.54, 1.807) is 11.0 Å². The van der Waals surface area contributed by atoms with E-state index in [9.17, 15) is 9.18 Å². The summed E-state index contributed by atoms with van der Waals surface area (Å²) in [7, 11) is 1.52. The van der Waals surface area contributed by atoms with Crippen molar-refractivity contribution in [3.63, 3.8) is 0 Å². The van der Waals surface area contributed by atoms with E-state index in [0.29, 0.717) is 17.8 Å². The molecule has 1 aliphatic heterocycles. The second-order valence-electron chi connectivity index (χ2n) is 6.11. The van der Waals surface area contributed by atoms with E-state index in [-0.39, 0.29) is 23.7 Å². The number of fused-ring (bicyclic) bond motifs is 2. The smallest absolute Gasteiger partial charge is 0.246 e. The number of methoxy groups -OCH3 is 1. The molecule has 0 saturated heterocycles. The molecule has 0 aromatic heterocycles. The van der Waals surface area contributed by atoms with Crippen LogP contribution in [0.3, 0.4) is 0 Å². The lowest BCUT2D eigenvalue weighted by Gasteiger charge is -2.26. The van der Waals surface area contributed by atoms with Crippen LogP contribution in [0.5, 0.6) is 0 Å². The molecule has 5 heteroatoms. The number of ether oxygens (including phenoxy) is 1. The number of amides is 1. The molecule has 2 aliphatic rings. The summed E-state index contributed by atoms with van der Waals surface area (Å²) in [4.78, 5) is 14.2. The number of hydrogen-bond donors (Lipinski definition) is 1. The molecule has 0 bridgehead atoms. The van der Waals surface area contributed by atoms with Crippen molar-refractivity contribution in [1.29, 1.82) is 0 Å². The highest BCUT2D eigenvalue weighted by molar-refractivity contribution is 5.99. The molecule has 0 radical (unpaired) electrons. The van der Waals surface area contributed by atoms with Gasteiger partial charge in [-0.25, -0.2) is 4.39 Å². The third-order valence-electron chi connectivity index (χ3n) is 4.76. The molecule has 1 fully saturated rings. The van der Waals surface area contributed by atoms with Crippen LogP contribution in [0.2, 0.25) is 0 Å². The fraction of sp³-hybridized carbons (Fsp3) is 0.562. The highest BCUT2D eigenvalue weighted by atomic mass is 19.1. The summed E-state index contributed by atoms with van der Waals surface area (Å²) < 4.78 is 19.3. The quantitative estimate of drug-likeness (QED) is 0.926. The van der Waals surface area contributed by atoms with Gasteiger partial charge in [-0.15, -0.1) is 0 Å². The van der Waals surface area contributed by atoms with Crippen LogP contribution in [0.15, 0.2) is 18.2 Å². The molecule has 21 heavy (non-hydrogen) atoms. The van der Waals surface area contributed by atoms with Crippen LogP contribution in [0, 0.1) is 5.82 Å². The van der Waals surface area contributed by atoms with Crippen LogP contribution in [-0.4, -0.2) is 32.2 Å². The van der Waals surface area contributed by atoms with Gasteiger partial charge < -0.3 is 15.4 Å². The van der Waals surface area contributed by atoms with Gasteiger partial charge in [0.1, 0.15) is 11.9 Å². The maximum absolute atomic E-state index is 14.4. The fourth-order valence-corrected chi connectivity index (χ4v) is 3.84. The third-order valence-corrected chi connectivity index (χ3v) is 4.76. The Balaban J connectivity index is 1.99. The molecule has 1 amide bonds. The Labute approximate surface area is 124 Å². The normalized spacial score (nSPS) is 20.8. The van der Waals surface area contributed by atoms with Gasteiger partial charge in [-0.3, -0.25) is 4.79 Å². The van der Waals surface area contributed by atoms with Crippen LogP contribution >= 0.6 is 0 Å². The standard InChI is InChI=1S/C16H21FN2O2/c1-21-9-12(18)15(20)19-10-16(7-2-3-8-16)14-11(17)5-4-6-13(14)19/h4-6,12H,2-3,7-10,18H2,1H3. The van der Waals surface area contributed by atoms with Gasteiger partial charge >= 0.3 is 0 Å². The first kappa shape index (κ1) is 14.5. The van der Waals surface area contributed by atoms with E-state index in [1.165, 1.54) is 13.2 Å². The summed E-state index contributed by atoms with van der Waals surface area (Å²) in [6.45, 7) is 0.715. The maximum Gasteiger partial charge on any atom is 0.246 e. The van der Waals surface area contributed by atoms with Gasteiger partial charge in [-0.05, 0) is 25.0 Å². The predicted molar refractivity (Wildman–Crippen MR) is 78.8 cm³/mol. The topological polar surface area (TPSA) is 55.6 Å². The molecule has 1 saturated carbocycles. The molecule has 1 aromatic rings. The Hall–Kier alpha value is -1.46. The summed E-state index contributed by atoms with van der Waals surface area (Å²) in [6.07, 6.45) is 4.04. The zero-order valence-electron chi connectivity index (χ0n) is 12.3. The largest absolute Gasteiger partial charge is 0.383 e. The molecule has 1 spiro atoms. The summed E-state index contributed by atoms with van der Waals surface area (Å²) in [5, 5.41) is 0. The number of nitrogens with zero attached hydrogens (tertiary/aromatic N) is 1. The minimum atomic E-state index is -0.706. The van der Waals surface area contributed by atoms with E-state index in [2.05, 4.69) is 0 Å². The number of carbonyl (C=O) groups excluding carboxylic acids is 1. The third kappa shape index (κ3) is 2.24. The van der Waals surface area contributed by atoms with Gasteiger partial charge in [-0.2, -0.15) is 0 Å². The lowest BCUT2D eigenvalue weighted by molar-refractivity contribution is -0.120. The Morgan fingerprint density at radius 3 is 2.86 bits per heavy atom. The van der Waals surface area contributed by atoms with Crippen LogP contribution in [-0.2, 0) is 14.9 Å². The molecule has 1 heterocycles.